The van der Waals surface area contributed by atoms with Gasteiger partial charge < -0.3 is 15.1 Å². The summed E-state index contributed by atoms with van der Waals surface area (Å²) in [6.07, 6.45) is 0. The zero-order valence-electron chi connectivity index (χ0n) is 17.2. The van der Waals surface area contributed by atoms with E-state index in [1.54, 1.807) is 6.07 Å². The van der Waals surface area contributed by atoms with Crippen molar-refractivity contribution in [2.24, 2.45) is 4.99 Å². The zero-order valence-corrected chi connectivity index (χ0v) is 18.0. The number of hydrogen-bond donors (Lipinski definition) is 3. The molecule has 31 heavy (non-hydrogen) atoms. The normalized spacial score (nSPS) is 16.0. The van der Waals surface area contributed by atoms with E-state index in [1.165, 1.54) is 0 Å². The molecule has 0 spiro atoms. The maximum Gasteiger partial charge on any atom is 0.302 e. The Morgan fingerprint density at radius 3 is 2.71 bits per heavy atom. The van der Waals surface area contributed by atoms with Crippen LogP contribution in [-0.2, 0) is 4.79 Å². The smallest absolute Gasteiger partial charge is 0.302 e. The van der Waals surface area contributed by atoms with Crippen molar-refractivity contribution in [1.82, 2.24) is 15.6 Å². The highest BCUT2D eigenvalue weighted by Gasteiger charge is 2.30. The maximum absolute atomic E-state index is 13.0. The number of aromatic nitrogens is 1. The van der Waals surface area contributed by atoms with E-state index in [-0.39, 0.29) is 5.91 Å². The van der Waals surface area contributed by atoms with Gasteiger partial charge in [0.2, 0.25) is 5.96 Å². The first-order valence-corrected chi connectivity index (χ1v) is 10.2. The molecule has 1 amide bonds. The Morgan fingerprint density at radius 1 is 1.23 bits per heavy atom. The van der Waals surface area contributed by atoms with Crippen LogP contribution in [0.2, 0.25) is 5.02 Å². The van der Waals surface area contributed by atoms with Crippen molar-refractivity contribution in [3.8, 4) is 0 Å². The first-order valence-electron chi connectivity index (χ1n) is 9.77. The average Bonchev–Trinajstić information content (AvgIpc) is 3.14. The summed E-state index contributed by atoms with van der Waals surface area (Å²) in [6.45, 7) is 7.89. The number of carbonyl (C=O) groups excluding carboxylic acids is 1. The van der Waals surface area contributed by atoms with E-state index in [0.29, 0.717) is 40.4 Å². The van der Waals surface area contributed by atoms with Crippen LogP contribution >= 0.6 is 11.6 Å². The molecule has 1 unspecified atom stereocenters. The fraction of sp³-hybridized carbons (Fsp3) is 0.174. The molecule has 1 atom stereocenters. The number of oxazole rings is 1. The highest BCUT2D eigenvalue weighted by molar-refractivity contribution is 6.31. The number of amides is 1. The predicted molar refractivity (Wildman–Crippen MR) is 123 cm³/mol. The number of nitrogens with zero attached hydrogens (tertiary/aromatic N) is 2. The van der Waals surface area contributed by atoms with Crippen LogP contribution in [0.15, 0.2) is 81.4 Å². The van der Waals surface area contributed by atoms with E-state index in [1.807, 2.05) is 56.3 Å². The van der Waals surface area contributed by atoms with Crippen LogP contribution in [0.1, 0.15) is 25.5 Å². The van der Waals surface area contributed by atoms with Gasteiger partial charge in [0.05, 0.1) is 5.57 Å². The number of rotatable bonds is 5. The van der Waals surface area contributed by atoms with Crippen LogP contribution in [0.3, 0.4) is 0 Å². The Hall–Kier alpha value is -3.58. The molecule has 7 nitrogen and oxygen atoms in total. The van der Waals surface area contributed by atoms with Gasteiger partial charge in [0.25, 0.3) is 5.91 Å². The molecule has 0 saturated carbocycles. The van der Waals surface area contributed by atoms with Crippen LogP contribution in [0.4, 0.5) is 6.01 Å². The first kappa shape index (κ1) is 20.7. The van der Waals surface area contributed by atoms with Gasteiger partial charge in [0, 0.05) is 22.8 Å². The van der Waals surface area contributed by atoms with Gasteiger partial charge in [0.1, 0.15) is 11.6 Å². The van der Waals surface area contributed by atoms with Crippen molar-refractivity contribution in [3.63, 3.8) is 0 Å². The van der Waals surface area contributed by atoms with Crippen molar-refractivity contribution in [2.45, 2.75) is 19.9 Å². The van der Waals surface area contributed by atoms with Crippen LogP contribution in [0.5, 0.6) is 0 Å². The number of hydrogen-bond acceptors (Lipinski definition) is 6. The summed E-state index contributed by atoms with van der Waals surface area (Å²) in [5.41, 5.74) is 4.11. The molecular weight excluding hydrogens is 414 g/mol. The van der Waals surface area contributed by atoms with E-state index >= 15 is 0 Å². The Balaban J connectivity index is 1.68. The second kappa shape index (κ2) is 8.65. The third kappa shape index (κ3) is 4.46. The van der Waals surface area contributed by atoms with E-state index in [2.05, 4.69) is 27.5 Å². The number of guanidine groups is 1. The monoisotopic (exact) mass is 435 g/mol. The summed E-state index contributed by atoms with van der Waals surface area (Å²) >= 11 is 6.45. The molecule has 0 radical (unpaired) electrons. The van der Waals surface area contributed by atoms with Crippen molar-refractivity contribution in [2.75, 3.05) is 11.9 Å². The second-order valence-corrected chi connectivity index (χ2v) is 7.72. The Morgan fingerprint density at radius 2 is 1.97 bits per heavy atom. The van der Waals surface area contributed by atoms with Gasteiger partial charge in [-0.25, -0.2) is 4.99 Å². The van der Waals surface area contributed by atoms with E-state index < -0.39 is 6.04 Å². The summed E-state index contributed by atoms with van der Waals surface area (Å²) in [5.74, 6) is 0.174. The average molecular weight is 436 g/mol. The lowest BCUT2D eigenvalue weighted by atomic mass is 9.95. The lowest BCUT2D eigenvalue weighted by Crippen LogP contribution is -2.39. The van der Waals surface area contributed by atoms with Gasteiger partial charge in [-0.1, -0.05) is 54.1 Å². The molecule has 4 rings (SSSR count). The fourth-order valence-electron chi connectivity index (χ4n) is 3.31. The molecule has 2 heterocycles. The standard InChI is InChI=1S/C23H22ClN5O2/c1-13(2)12-25-21(30)19-14(3)26-22(28-20(19)15-8-4-5-9-16(15)24)29-23-27-17-10-6-7-11-18(17)31-23/h4-11,20H,1,12H2,2-3H3,(H,25,30)(H2,26,27,28,29). The number of carbonyl (C=O) groups is 1. The van der Waals surface area contributed by atoms with E-state index in [9.17, 15) is 4.79 Å². The summed E-state index contributed by atoms with van der Waals surface area (Å²) in [7, 11) is 0. The molecule has 1 aliphatic heterocycles. The quantitative estimate of drug-likeness (QED) is 0.511. The Labute approximate surface area is 184 Å². The van der Waals surface area contributed by atoms with E-state index in [4.69, 9.17) is 21.0 Å². The number of halogens is 1. The number of aliphatic imine (C=N–C) groups is 1. The zero-order chi connectivity index (χ0) is 22.0. The molecule has 1 aliphatic rings. The van der Waals surface area contributed by atoms with Gasteiger partial charge in [-0.2, -0.15) is 4.98 Å². The van der Waals surface area contributed by atoms with Crippen molar-refractivity contribution in [3.05, 3.63) is 82.5 Å². The molecular formula is C23H22ClN5O2. The number of benzene rings is 2. The molecule has 2 aromatic carbocycles. The molecule has 0 fully saturated rings. The van der Waals surface area contributed by atoms with Crippen molar-refractivity contribution < 1.29 is 9.21 Å². The predicted octanol–water partition coefficient (Wildman–Crippen LogP) is 4.56. The topological polar surface area (TPSA) is 91.6 Å². The Kier molecular flexibility index (Phi) is 5.77. The van der Waals surface area contributed by atoms with Gasteiger partial charge in [-0.15, -0.1) is 0 Å². The van der Waals surface area contributed by atoms with Crippen molar-refractivity contribution >= 4 is 40.6 Å². The molecule has 3 N–H and O–H groups in total. The summed E-state index contributed by atoms with van der Waals surface area (Å²) in [5, 5.41) is 9.62. The number of para-hydroxylation sites is 2. The van der Waals surface area contributed by atoms with Crippen LogP contribution in [0, 0.1) is 0 Å². The highest BCUT2D eigenvalue weighted by atomic mass is 35.5. The lowest BCUT2D eigenvalue weighted by molar-refractivity contribution is -0.117. The largest absolute Gasteiger partial charge is 0.423 e. The van der Waals surface area contributed by atoms with Gasteiger partial charge in [0.15, 0.2) is 5.58 Å². The Bertz CT molecular complexity index is 1190. The van der Waals surface area contributed by atoms with Gasteiger partial charge in [-0.3, -0.25) is 10.1 Å². The molecule has 0 bridgehead atoms. The van der Waals surface area contributed by atoms with Crippen molar-refractivity contribution in [1.29, 1.82) is 0 Å². The van der Waals surface area contributed by atoms with E-state index in [0.717, 1.165) is 16.7 Å². The van der Waals surface area contributed by atoms with Gasteiger partial charge in [-0.05, 0) is 32.0 Å². The minimum Gasteiger partial charge on any atom is -0.423 e. The number of anilines is 1. The third-order valence-corrected chi connectivity index (χ3v) is 5.10. The van der Waals surface area contributed by atoms with Crippen LogP contribution in [0.25, 0.3) is 11.1 Å². The molecule has 0 saturated heterocycles. The number of nitrogens with one attached hydrogen (secondary N) is 3. The maximum atomic E-state index is 13.0. The number of fused-ring (bicyclic) bond motifs is 1. The lowest BCUT2D eigenvalue weighted by Gasteiger charge is -2.27. The summed E-state index contributed by atoms with van der Waals surface area (Å²) < 4.78 is 5.74. The molecule has 0 aliphatic carbocycles. The second-order valence-electron chi connectivity index (χ2n) is 7.32. The molecule has 8 heteroatoms. The highest BCUT2D eigenvalue weighted by Crippen LogP contribution is 2.35. The van der Waals surface area contributed by atoms with Gasteiger partial charge >= 0.3 is 6.01 Å². The van der Waals surface area contributed by atoms with Crippen LogP contribution < -0.4 is 16.0 Å². The molecule has 1 aromatic heterocycles. The number of allylic oxidation sites excluding steroid dienone is 1. The first-order chi connectivity index (χ1) is 14.9. The molecule has 158 valence electrons. The SMILES string of the molecule is C=C(C)CNC(=O)C1=C(C)NC(Nc2nc3ccccc3o2)=NC1c1ccccc1Cl. The third-order valence-electron chi connectivity index (χ3n) is 4.76. The summed E-state index contributed by atoms with van der Waals surface area (Å²) in [6, 6.07) is 14.5. The fourth-order valence-corrected chi connectivity index (χ4v) is 3.55. The molecule has 3 aromatic rings. The van der Waals surface area contributed by atoms with Crippen LogP contribution in [-0.4, -0.2) is 23.4 Å². The minimum absolute atomic E-state index is 0.234. The minimum atomic E-state index is -0.605. The summed E-state index contributed by atoms with van der Waals surface area (Å²) in [4.78, 5) is 22.1.